The molecule has 1 aromatic carbocycles. The van der Waals surface area contributed by atoms with Crippen LogP contribution in [0.2, 0.25) is 0 Å². The highest BCUT2D eigenvalue weighted by Gasteiger charge is 2.21. The molecule has 0 saturated carbocycles. The van der Waals surface area contributed by atoms with Gasteiger partial charge in [0.15, 0.2) is 0 Å². The maximum Gasteiger partial charge on any atom is 0.326 e. The van der Waals surface area contributed by atoms with E-state index >= 15 is 0 Å². The van der Waals surface area contributed by atoms with Gasteiger partial charge in [-0.25, -0.2) is 4.79 Å². The normalized spacial score (nSPS) is 12.2. The van der Waals surface area contributed by atoms with Crippen molar-refractivity contribution >= 4 is 27.8 Å². The predicted octanol–water partition coefficient (Wildman–Crippen LogP) is 2.38. The number of carboxylic acid groups (broad SMARTS) is 1. The fourth-order valence-electron chi connectivity index (χ4n) is 1.59. The first-order valence-corrected chi connectivity index (χ1v) is 6.62. The summed E-state index contributed by atoms with van der Waals surface area (Å²) in [7, 11) is 0. The second-order valence-electron chi connectivity index (χ2n) is 4.66. The van der Waals surface area contributed by atoms with Crippen LogP contribution >= 0.6 is 15.9 Å². The molecule has 0 radical (unpaired) electrons. The van der Waals surface area contributed by atoms with Crippen molar-refractivity contribution in [3.8, 4) is 5.75 Å². The van der Waals surface area contributed by atoms with E-state index in [0.717, 1.165) is 0 Å². The molecule has 104 valence electrons. The van der Waals surface area contributed by atoms with Crippen LogP contribution in [0.15, 0.2) is 22.7 Å². The fraction of sp³-hybridized carbons (Fsp3) is 0.385. The summed E-state index contributed by atoms with van der Waals surface area (Å²) in [6.45, 7) is 3.76. The molecule has 0 bridgehead atoms. The number of carbonyl (C=O) groups is 2. The van der Waals surface area contributed by atoms with Crippen LogP contribution in [-0.2, 0) is 4.79 Å². The second-order valence-corrected chi connectivity index (χ2v) is 5.51. The van der Waals surface area contributed by atoms with Gasteiger partial charge >= 0.3 is 5.97 Å². The predicted molar refractivity (Wildman–Crippen MR) is 74.2 cm³/mol. The number of rotatable bonds is 5. The lowest BCUT2D eigenvalue weighted by Gasteiger charge is -2.16. The number of aromatic hydroxyl groups is 1. The van der Waals surface area contributed by atoms with Gasteiger partial charge in [0.1, 0.15) is 11.8 Å². The van der Waals surface area contributed by atoms with Gasteiger partial charge in [0.05, 0.1) is 4.47 Å². The van der Waals surface area contributed by atoms with Crippen LogP contribution < -0.4 is 5.32 Å². The van der Waals surface area contributed by atoms with Crippen LogP contribution in [0.4, 0.5) is 0 Å². The van der Waals surface area contributed by atoms with E-state index in [2.05, 4.69) is 21.2 Å². The van der Waals surface area contributed by atoms with Crippen molar-refractivity contribution in [1.29, 1.82) is 0 Å². The van der Waals surface area contributed by atoms with E-state index in [1.165, 1.54) is 18.2 Å². The number of hydrogen-bond acceptors (Lipinski definition) is 3. The summed E-state index contributed by atoms with van der Waals surface area (Å²) in [5.41, 5.74) is 0.218. The number of hydrogen-bond donors (Lipinski definition) is 3. The Hall–Kier alpha value is -1.56. The highest BCUT2D eigenvalue weighted by atomic mass is 79.9. The molecule has 5 nitrogen and oxygen atoms in total. The number of phenols is 1. The van der Waals surface area contributed by atoms with Crippen molar-refractivity contribution in [2.75, 3.05) is 0 Å². The highest BCUT2D eigenvalue weighted by Crippen LogP contribution is 2.24. The Kier molecular flexibility index (Phi) is 5.35. The first-order valence-electron chi connectivity index (χ1n) is 5.83. The number of carboxylic acids is 1. The van der Waals surface area contributed by atoms with Gasteiger partial charge in [-0.15, -0.1) is 0 Å². The Morgan fingerprint density at radius 3 is 2.47 bits per heavy atom. The zero-order valence-electron chi connectivity index (χ0n) is 10.7. The van der Waals surface area contributed by atoms with Crippen molar-refractivity contribution in [1.82, 2.24) is 5.32 Å². The average molecular weight is 330 g/mol. The summed E-state index contributed by atoms with van der Waals surface area (Å²) in [4.78, 5) is 23.0. The summed E-state index contributed by atoms with van der Waals surface area (Å²) in [6, 6.07) is 3.39. The van der Waals surface area contributed by atoms with E-state index in [0.29, 0.717) is 10.9 Å². The average Bonchev–Trinajstić information content (AvgIpc) is 2.31. The molecule has 1 rings (SSSR count). The van der Waals surface area contributed by atoms with Gasteiger partial charge in [0.2, 0.25) is 0 Å². The minimum absolute atomic E-state index is 0.0663. The zero-order chi connectivity index (χ0) is 14.6. The molecular formula is C13H16BrNO4. The molecule has 0 aliphatic carbocycles. The zero-order valence-corrected chi connectivity index (χ0v) is 12.3. The number of aliphatic carboxylic acids is 1. The Labute approximate surface area is 119 Å². The maximum atomic E-state index is 11.9. The summed E-state index contributed by atoms with van der Waals surface area (Å²) in [5, 5.41) is 21.0. The van der Waals surface area contributed by atoms with Crippen molar-refractivity contribution in [2.45, 2.75) is 26.3 Å². The summed E-state index contributed by atoms with van der Waals surface area (Å²) < 4.78 is 0.473. The van der Waals surface area contributed by atoms with Crippen LogP contribution in [-0.4, -0.2) is 28.1 Å². The van der Waals surface area contributed by atoms with E-state index in [1.54, 1.807) is 0 Å². The number of halogens is 1. The maximum absolute atomic E-state index is 11.9. The van der Waals surface area contributed by atoms with E-state index < -0.39 is 17.9 Å². The van der Waals surface area contributed by atoms with Gasteiger partial charge in [-0.05, 0) is 46.5 Å². The molecule has 0 spiro atoms. The summed E-state index contributed by atoms with van der Waals surface area (Å²) >= 11 is 3.11. The van der Waals surface area contributed by atoms with Crippen LogP contribution in [0.25, 0.3) is 0 Å². The molecule has 1 amide bonds. The van der Waals surface area contributed by atoms with Gasteiger partial charge in [-0.1, -0.05) is 13.8 Å². The Bertz CT molecular complexity index is 488. The summed E-state index contributed by atoms with van der Waals surface area (Å²) in [5.74, 6) is -1.50. The lowest BCUT2D eigenvalue weighted by Crippen LogP contribution is -2.41. The highest BCUT2D eigenvalue weighted by molar-refractivity contribution is 9.10. The second kappa shape index (κ2) is 6.56. The topological polar surface area (TPSA) is 86.6 Å². The van der Waals surface area contributed by atoms with Gasteiger partial charge < -0.3 is 15.5 Å². The Balaban J connectivity index is 2.81. The van der Waals surface area contributed by atoms with Crippen molar-refractivity contribution in [2.24, 2.45) is 5.92 Å². The van der Waals surface area contributed by atoms with Crippen molar-refractivity contribution in [3.05, 3.63) is 28.2 Å². The standard InChI is InChI=1S/C13H16BrNO4/c1-7(2)5-10(13(18)19)15-12(17)8-3-4-9(14)11(16)6-8/h3-4,6-7,10,16H,5H2,1-2H3,(H,15,17)(H,18,19)/t10-/m1/s1. The third-order valence-corrected chi connectivity index (χ3v) is 3.19. The first-order chi connectivity index (χ1) is 8.81. The fourth-order valence-corrected chi connectivity index (χ4v) is 1.83. The Morgan fingerprint density at radius 2 is 2.00 bits per heavy atom. The lowest BCUT2D eigenvalue weighted by atomic mass is 10.0. The number of carbonyl (C=O) groups excluding carboxylic acids is 1. The molecule has 1 aromatic rings. The third-order valence-electron chi connectivity index (χ3n) is 2.52. The van der Waals surface area contributed by atoms with Gasteiger partial charge in [0, 0.05) is 5.56 Å². The molecule has 0 unspecified atom stereocenters. The SMILES string of the molecule is CC(C)C[C@@H](NC(=O)c1ccc(Br)c(O)c1)C(=O)O. The molecule has 1 atom stereocenters. The number of benzene rings is 1. The molecule has 0 aliphatic heterocycles. The molecule has 0 fully saturated rings. The van der Waals surface area contributed by atoms with E-state index in [4.69, 9.17) is 5.11 Å². The van der Waals surface area contributed by atoms with Crippen LogP contribution in [0, 0.1) is 5.92 Å². The minimum atomic E-state index is -1.07. The van der Waals surface area contributed by atoms with Crippen LogP contribution in [0.1, 0.15) is 30.6 Å². The number of nitrogens with one attached hydrogen (secondary N) is 1. The summed E-state index contributed by atoms with van der Waals surface area (Å²) in [6.07, 6.45) is 0.351. The minimum Gasteiger partial charge on any atom is -0.507 e. The molecule has 19 heavy (non-hydrogen) atoms. The van der Waals surface area contributed by atoms with Crippen LogP contribution in [0.5, 0.6) is 5.75 Å². The van der Waals surface area contributed by atoms with E-state index in [9.17, 15) is 14.7 Å². The van der Waals surface area contributed by atoms with Gasteiger partial charge in [0.25, 0.3) is 5.91 Å². The monoisotopic (exact) mass is 329 g/mol. The van der Waals surface area contributed by atoms with Crippen molar-refractivity contribution in [3.63, 3.8) is 0 Å². The largest absolute Gasteiger partial charge is 0.507 e. The molecule has 0 aliphatic rings. The molecule has 3 N–H and O–H groups in total. The molecule has 6 heteroatoms. The molecule has 0 heterocycles. The number of phenolic OH excluding ortho intramolecular Hbond substituents is 1. The quantitative estimate of drug-likeness (QED) is 0.774. The van der Waals surface area contributed by atoms with Crippen LogP contribution in [0.3, 0.4) is 0 Å². The number of amides is 1. The third kappa shape index (κ3) is 4.55. The molecule has 0 saturated heterocycles. The first kappa shape index (κ1) is 15.5. The molecular weight excluding hydrogens is 314 g/mol. The Morgan fingerprint density at radius 1 is 1.37 bits per heavy atom. The van der Waals surface area contributed by atoms with E-state index in [-0.39, 0.29) is 17.2 Å². The van der Waals surface area contributed by atoms with Crippen molar-refractivity contribution < 1.29 is 19.8 Å². The smallest absolute Gasteiger partial charge is 0.326 e. The van der Waals surface area contributed by atoms with Gasteiger partial charge in [-0.3, -0.25) is 4.79 Å². The molecule has 0 aromatic heterocycles. The van der Waals surface area contributed by atoms with E-state index in [1.807, 2.05) is 13.8 Å². The van der Waals surface area contributed by atoms with Gasteiger partial charge in [-0.2, -0.15) is 0 Å². The lowest BCUT2D eigenvalue weighted by molar-refractivity contribution is -0.139.